The summed E-state index contributed by atoms with van der Waals surface area (Å²) in [6, 6.07) is 83.0. The van der Waals surface area contributed by atoms with Gasteiger partial charge in [-0.3, -0.25) is 0 Å². The smallest absolute Gasteiger partial charge is 0.0541 e. The number of nitrogens with zero attached hydrogens (tertiary/aromatic N) is 2. The fourth-order valence-corrected chi connectivity index (χ4v) is 8.05. The molecule has 1 heterocycles. The average molecular weight is 715 g/mol. The van der Waals surface area contributed by atoms with E-state index in [4.69, 9.17) is 0 Å². The van der Waals surface area contributed by atoms with Gasteiger partial charge in [-0.2, -0.15) is 0 Å². The van der Waals surface area contributed by atoms with E-state index >= 15 is 0 Å². The number of fused-ring (bicyclic) bond motifs is 3. The Labute approximate surface area is 327 Å². The van der Waals surface area contributed by atoms with E-state index in [1.165, 1.54) is 55.2 Å². The maximum absolute atomic E-state index is 2.38. The molecule has 0 unspecified atom stereocenters. The number of hydrogen-bond donors (Lipinski definition) is 0. The summed E-state index contributed by atoms with van der Waals surface area (Å²) in [6.45, 7) is 0. The summed E-state index contributed by atoms with van der Waals surface area (Å²) in [4.78, 5) is 2.38. The molecule has 56 heavy (non-hydrogen) atoms. The molecule has 0 spiro atoms. The van der Waals surface area contributed by atoms with Crippen molar-refractivity contribution in [1.82, 2.24) is 4.57 Å². The minimum Gasteiger partial charge on any atom is -0.310 e. The van der Waals surface area contributed by atoms with Crippen molar-refractivity contribution in [3.8, 4) is 50.2 Å². The van der Waals surface area contributed by atoms with Crippen molar-refractivity contribution in [3.05, 3.63) is 231 Å². The van der Waals surface area contributed by atoms with E-state index in [1.807, 2.05) is 0 Å². The lowest BCUT2D eigenvalue weighted by Gasteiger charge is -2.28. The van der Waals surface area contributed by atoms with Gasteiger partial charge in [0.2, 0.25) is 0 Å². The van der Waals surface area contributed by atoms with Gasteiger partial charge in [-0.15, -0.1) is 0 Å². The van der Waals surface area contributed by atoms with E-state index in [-0.39, 0.29) is 0 Å². The Bertz CT molecular complexity index is 2850. The van der Waals surface area contributed by atoms with Crippen molar-refractivity contribution in [2.24, 2.45) is 0 Å². The van der Waals surface area contributed by atoms with E-state index in [0.29, 0.717) is 0 Å². The first kappa shape index (κ1) is 33.2. The predicted octanol–water partition coefficient (Wildman–Crippen LogP) is 14.9. The van der Waals surface area contributed by atoms with Crippen LogP contribution in [0.5, 0.6) is 0 Å². The first-order chi connectivity index (χ1) is 27.8. The van der Waals surface area contributed by atoms with Crippen LogP contribution in [0.3, 0.4) is 0 Å². The largest absolute Gasteiger partial charge is 0.310 e. The highest BCUT2D eigenvalue weighted by atomic mass is 15.1. The average Bonchev–Trinajstić information content (AvgIpc) is 3.62. The number of anilines is 3. The molecule has 0 amide bonds. The van der Waals surface area contributed by atoms with Crippen LogP contribution in [0.25, 0.3) is 72.0 Å². The molecule has 2 heteroatoms. The Morgan fingerprint density at radius 2 is 0.625 bits per heavy atom. The zero-order valence-electron chi connectivity index (χ0n) is 30.8. The van der Waals surface area contributed by atoms with Gasteiger partial charge in [0.25, 0.3) is 0 Å². The van der Waals surface area contributed by atoms with E-state index in [1.54, 1.807) is 0 Å². The summed E-state index contributed by atoms with van der Waals surface area (Å²) in [5.74, 6) is 0. The molecule has 1 aromatic heterocycles. The number of para-hydroxylation sites is 3. The van der Waals surface area contributed by atoms with Gasteiger partial charge in [0.1, 0.15) is 0 Å². The summed E-state index contributed by atoms with van der Waals surface area (Å²) in [5, 5.41) is 2.53. The van der Waals surface area contributed by atoms with Crippen LogP contribution in [0.4, 0.5) is 17.1 Å². The highest BCUT2D eigenvalue weighted by Crippen LogP contribution is 2.42. The van der Waals surface area contributed by atoms with Crippen LogP contribution in [0.15, 0.2) is 231 Å². The zero-order valence-corrected chi connectivity index (χ0v) is 30.8. The van der Waals surface area contributed by atoms with Gasteiger partial charge in [0.15, 0.2) is 0 Å². The van der Waals surface area contributed by atoms with Crippen LogP contribution in [-0.2, 0) is 0 Å². The minimum atomic E-state index is 1.09. The molecule has 0 aliphatic heterocycles. The monoisotopic (exact) mass is 714 g/mol. The van der Waals surface area contributed by atoms with E-state index in [0.717, 1.165) is 33.9 Å². The molecule has 10 rings (SSSR count). The molecule has 0 fully saturated rings. The van der Waals surface area contributed by atoms with Gasteiger partial charge in [-0.05, 0) is 93.5 Å². The van der Waals surface area contributed by atoms with Crippen molar-refractivity contribution in [3.63, 3.8) is 0 Å². The van der Waals surface area contributed by atoms with Crippen molar-refractivity contribution in [1.29, 1.82) is 0 Å². The second-order valence-electron chi connectivity index (χ2n) is 14.2. The van der Waals surface area contributed by atoms with Crippen LogP contribution in [0.1, 0.15) is 0 Å². The lowest BCUT2D eigenvalue weighted by atomic mass is 9.99. The van der Waals surface area contributed by atoms with Gasteiger partial charge in [0.05, 0.1) is 16.7 Å². The maximum atomic E-state index is 2.38. The predicted molar refractivity (Wildman–Crippen MR) is 237 cm³/mol. The number of aromatic nitrogens is 1. The number of benzene rings is 9. The quantitative estimate of drug-likeness (QED) is 0.152. The molecule has 0 radical (unpaired) electrons. The third-order valence-corrected chi connectivity index (χ3v) is 10.8. The molecular weight excluding hydrogens is 677 g/mol. The highest BCUT2D eigenvalue weighted by molar-refractivity contribution is 6.09. The number of hydrogen-bond acceptors (Lipinski definition) is 1. The summed E-state index contributed by atoms with van der Waals surface area (Å²) in [5.41, 5.74) is 16.4. The molecule has 0 N–H and O–H groups in total. The van der Waals surface area contributed by atoms with Crippen LogP contribution in [-0.4, -0.2) is 4.57 Å². The number of rotatable bonds is 8. The van der Waals surface area contributed by atoms with Gasteiger partial charge in [-0.25, -0.2) is 0 Å². The third kappa shape index (κ3) is 6.14. The Kier molecular flexibility index (Phi) is 8.55. The summed E-state index contributed by atoms with van der Waals surface area (Å²) < 4.78 is 2.37. The van der Waals surface area contributed by atoms with Gasteiger partial charge in [-0.1, -0.05) is 176 Å². The van der Waals surface area contributed by atoms with E-state index in [9.17, 15) is 0 Å². The molecule has 0 aliphatic carbocycles. The van der Waals surface area contributed by atoms with Crippen LogP contribution in [0.2, 0.25) is 0 Å². The normalized spacial score (nSPS) is 11.2. The maximum Gasteiger partial charge on any atom is 0.0541 e. The van der Waals surface area contributed by atoms with Gasteiger partial charge in [0, 0.05) is 33.4 Å². The fraction of sp³-hybridized carbons (Fsp3) is 0. The zero-order chi connectivity index (χ0) is 37.3. The van der Waals surface area contributed by atoms with E-state index < -0.39 is 0 Å². The lowest BCUT2D eigenvalue weighted by molar-refractivity contribution is 1.18. The standard InChI is InChI=1S/C54H38N2/c1-3-13-39(14-4-1)41-23-25-42(26-24-41)44-29-35-47(36-30-44)55(46-33-27-43(28-34-46)40-15-5-2-6-16-40)52-20-10-7-17-49(52)45-31-37-48(38-32-45)56-53-21-11-8-18-50(53)51-19-9-12-22-54(51)56/h1-38H. The van der Waals surface area contributed by atoms with Crippen LogP contribution >= 0.6 is 0 Å². The Morgan fingerprint density at radius 3 is 1.11 bits per heavy atom. The van der Waals surface area contributed by atoms with Gasteiger partial charge < -0.3 is 9.47 Å². The van der Waals surface area contributed by atoms with Crippen molar-refractivity contribution in [2.75, 3.05) is 4.90 Å². The summed E-state index contributed by atoms with van der Waals surface area (Å²) in [7, 11) is 0. The second kappa shape index (κ2) is 14.4. The first-order valence-corrected chi connectivity index (χ1v) is 19.2. The molecule has 0 aliphatic rings. The molecule has 0 saturated heterocycles. The molecule has 0 atom stereocenters. The Morgan fingerprint density at radius 1 is 0.268 bits per heavy atom. The topological polar surface area (TPSA) is 8.17 Å². The van der Waals surface area contributed by atoms with Crippen LogP contribution < -0.4 is 4.90 Å². The Balaban J connectivity index is 1.04. The van der Waals surface area contributed by atoms with Crippen molar-refractivity contribution < 1.29 is 0 Å². The van der Waals surface area contributed by atoms with E-state index in [2.05, 4.69) is 240 Å². The van der Waals surface area contributed by atoms with Crippen molar-refractivity contribution in [2.45, 2.75) is 0 Å². The summed E-state index contributed by atoms with van der Waals surface area (Å²) in [6.07, 6.45) is 0. The minimum absolute atomic E-state index is 1.09. The first-order valence-electron chi connectivity index (χ1n) is 19.2. The SMILES string of the molecule is c1ccc(-c2ccc(-c3ccc(N(c4ccc(-c5ccccc5)cc4)c4ccccc4-c4ccc(-n5c6ccccc6c6ccccc65)cc4)cc3)cc2)cc1. The highest BCUT2D eigenvalue weighted by Gasteiger charge is 2.18. The van der Waals surface area contributed by atoms with Gasteiger partial charge >= 0.3 is 0 Å². The molecule has 0 saturated carbocycles. The lowest BCUT2D eigenvalue weighted by Crippen LogP contribution is -2.11. The second-order valence-corrected chi connectivity index (χ2v) is 14.2. The molecule has 0 bridgehead atoms. The molecule has 264 valence electrons. The summed E-state index contributed by atoms with van der Waals surface area (Å²) >= 11 is 0. The third-order valence-electron chi connectivity index (χ3n) is 10.8. The molecule has 2 nitrogen and oxygen atoms in total. The molecule has 9 aromatic carbocycles. The molecular formula is C54H38N2. The Hall–Kier alpha value is -7.42. The van der Waals surface area contributed by atoms with Crippen molar-refractivity contribution >= 4 is 38.9 Å². The molecule has 10 aromatic rings. The fourth-order valence-electron chi connectivity index (χ4n) is 8.05. The van der Waals surface area contributed by atoms with Crippen LogP contribution in [0, 0.1) is 0 Å².